The van der Waals surface area contributed by atoms with Crippen LogP contribution in [0.3, 0.4) is 0 Å². The van der Waals surface area contributed by atoms with Gasteiger partial charge in [-0.1, -0.05) is 36.0 Å². The Labute approximate surface area is 160 Å². The summed E-state index contributed by atoms with van der Waals surface area (Å²) in [6, 6.07) is 15.9. The number of amides is 2. The fraction of sp³-hybridized carbons (Fsp3) is 0.158. The van der Waals surface area contributed by atoms with Crippen LogP contribution in [0.15, 0.2) is 58.3 Å². The van der Waals surface area contributed by atoms with Crippen LogP contribution in [0.1, 0.15) is 15.9 Å². The first-order valence-electron chi connectivity index (χ1n) is 7.95. The molecule has 2 aromatic carbocycles. The zero-order valence-electron chi connectivity index (χ0n) is 14.5. The van der Waals surface area contributed by atoms with Crippen molar-refractivity contribution in [3.05, 3.63) is 59.7 Å². The van der Waals surface area contributed by atoms with Gasteiger partial charge < -0.3 is 15.4 Å². The van der Waals surface area contributed by atoms with Crippen molar-refractivity contribution in [3.8, 4) is 6.07 Å². The summed E-state index contributed by atoms with van der Waals surface area (Å²) in [6.07, 6.45) is 0. The summed E-state index contributed by atoms with van der Waals surface area (Å²) in [4.78, 5) is 36.4. The number of ether oxygens (including phenoxy) is 1. The maximum atomic E-state index is 12.3. The minimum absolute atomic E-state index is 0.190. The fourth-order valence-electron chi connectivity index (χ4n) is 2.02. The van der Waals surface area contributed by atoms with Crippen LogP contribution in [0.4, 0.5) is 0 Å². The molecule has 0 spiro atoms. The molecule has 8 heteroatoms. The van der Waals surface area contributed by atoms with E-state index < -0.39 is 18.5 Å². The van der Waals surface area contributed by atoms with Crippen LogP contribution in [0, 0.1) is 11.3 Å². The third-order valence-electron chi connectivity index (χ3n) is 3.39. The van der Waals surface area contributed by atoms with Gasteiger partial charge in [0.1, 0.15) is 6.07 Å². The molecule has 0 aliphatic heterocycles. The first kappa shape index (κ1) is 20.0. The summed E-state index contributed by atoms with van der Waals surface area (Å²) in [6.45, 7) is -0.687. The summed E-state index contributed by atoms with van der Waals surface area (Å²) in [5.74, 6) is -1.60. The van der Waals surface area contributed by atoms with Crippen molar-refractivity contribution in [2.24, 2.45) is 0 Å². The Balaban J connectivity index is 2.04. The number of nitrogens with one attached hydrogen (secondary N) is 2. The summed E-state index contributed by atoms with van der Waals surface area (Å²) in [7, 11) is 1.45. The van der Waals surface area contributed by atoms with Crippen LogP contribution in [0.2, 0.25) is 0 Å². The van der Waals surface area contributed by atoms with Gasteiger partial charge in [-0.3, -0.25) is 9.59 Å². The van der Waals surface area contributed by atoms with Crippen molar-refractivity contribution < 1.29 is 19.1 Å². The molecule has 138 valence electrons. The van der Waals surface area contributed by atoms with Gasteiger partial charge in [-0.25, -0.2) is 4.79 Å². The predicted octanol–water partition coefficient (Wildman–Crippen LogP) is 1.73. The topological polar surface area (TPSA) is 108 Å². The Morgan fingerprint density at radius 1 is 1.04 bits per heavy atom. The minimum atomic E-state index is -0.664. The van der Waals surface area contributed by atoms with Gasteiger partial charge in [0.05, 0.1) is 17.7 Å². The highest BCUT2D eigenvalue weighted by atomic mass is 32.2. The molecule has 0 atom stereocenters. The van der Waals surface area contributed by atoms with Crippen LogP contribution >= 0.6 is 11.8 Å². The molecule has 0 radical (unpaired) electrons. The standard InChI is InChI=1S/C19H17N3O4S/c1-21-17(23)11-22-18(24)12-26-19(25)14-7-3-5-9-16(14)27-15-8-4-2-6-13(15)10-20/h2-9H,11-12H2,1H3,(H,21,23)(H,22,24). The molecule has 7 nitrogen and oxygen atoms in total. The van der Waals surface area contributed by atoms with E-state index in [4.69, 9.17) is 4.74 Å². The summed E-state index contributed by atoms with van der Waals surface area (Å²) < 4.78 is 5.03. The lowest BCUT2D eigenvalue weighted by molar-refractivity contribution is -0.127. The minimum Gasteiger partial charge on any atom is -0.452 e. The number of hydrogen-bond donors (Lipinski definition) is 2. The number of likely N-dealkylation sites (N-methyl/N-ethyl adjacent to an activating group) is 1. The van der Waals surface area contributed by atoms with Crippen molar-refractivity contribution in [2.75, 3.05) is 20.2 Å². The van der Waals surface area contributed by atoms with Gasteiger partial charge in [-0.15, -0.1) is 0 Å². The highest BCUT2D eigenvalue weighted by Gasteiger charge is 2.16. The van der Waals surface area contributed by atoms with Crippen molar-refractivity contribution in [3.63, 3.8) is 0 Å². The maximum Gasteiger partial charge on any atom is 0.339 e. The lowest BCUT2D eigenvalue weighted by Gasteiger charge is -2.10. The number of esters is 1. The highest BCUT2D eigenvalue weighted by Crippen LogP contribution is 2.32. The number of rotatable bonds is 7. The second-order valence-electron chi connectivity index (χ2n) is 5.23. The molecule has 2 amide bonds. The third-order valence-corrected chi connectivity index (χ3v) is 4.55. The second-order valence-corrected chi connectivity index (χ2v) is 6.32. The largest absolute Gasteiger partial charge is 0.452 e. The molecule has 0 aromatic heterocycles. The van der Waals surface area contributed by atoms with Crippen LogP contribution in [0.5, 0.6) is 0 Å². The Bertz CT molecular complexity index is 893. The summed E-state index contributed by atoms with van der Waals surface area (Å²) >= 11 is 1.27. The molecular weight excluding hydrogens is 366 g/mol. The molecule has 2 rings (SSSR count). The molecule has 0 fully saturated rings. The number of carbonyl (C=O) groups excluding carboxylic acids is 3. The number of nitriles is 1. The molecule has 0 heterocycles. The number of nitrogens with zero attached hydrogens (tertiary/aromatic N) is 1. The number of benzene rings is 2. The van der Waals surface area contributed by atoms with Gasteiger partial charge in [0, 0.05) is 16.8 Å². The van der Waals surface area contributed by atoms with Gasteiger partial charge in [-0.05, 0) is 24.3 Å². The van der Waals surface area contributed by atoms with Crippen molar-refractivity contribution in [2.45, 2.75) is 9.79 Å². The Morgan fingerprint density at radius 2 is 1.70 bits per heavy atom. The lowest BCUT2D eigenvalue weighted by atomic mass is 10.2. The Morgan fingerprint density at radius 3 is 2.41 bits per heavy atom. The monoisotopic (exact) mass is 383 g/mol. The second kappa shape index (κ2) is 9.99. The van der Waals surface area contributed by atoms with Gasteiger partial charge in [-0.2, -0.15) is 5.26 Å². The van der Waals surface area contributed by atoms with Gasteiger partial charge >= 0.3 is 5.97 Å². The van der Waals surface area contributed by atoms with Crippen molar-refractivity contribution in [1.29, 1.82) is 5.26 Å². The van der Waals surface area contributed by atoms with Crippen LogP contribution in [-0.4, -0.2) is 38.0 Å². The first-order valence-corrected chi connectivity index (χ1v) is 8.77. The van der Waals surface area contributed by atoms with E-state index in [1.54, 1.807) is 48.5 Å². The smallest absolute Gasteiger partial charge is 0.339 e. The Hall–Kier alpha value is -3.31. The van der Waals surface area contributed by atoms with E-state index in [0.29, 0.717) is 15.4 Å². The van der Waals surface area contributed by atoms with E-state index in [2.05, 4.69) is 16.7 Å². The molecule has 2 aromatic rings. The predicted molar refractivity (Wildman–Crippen MR) is 99.1 cm³/mol. The van der Waals surface area contributed by atoms with Gasteiger partial charge in [0.25, 0.3) is 5.91 Å². The molecule has 0 aliphatic rings. The van der Waals surface area contributed by atoms with E-state index in [0.717, 1.165) is 0 Å². The molecule has 0 unspecified atom stereocenters. The van der Waals surface area contributed by atoms with Gasteiger partial charge in [0.15, 0.2) is 6.61 Å². The molecule has 0 bridgehead atoms. The molecule has 0 aliphatic carbocycles. The van der Waals surface area contributed by atoms with E-state index in [9.17, 15) is 19.6 Å². The summed E-state index contributed by atoms with van der Waals surface area (Å²) in [5, 5.41) is 13.9. The molecule has 0 saturated carbocycles. The van der Waals surface area contributed by atoms with E-state index in [1.165, 1.54) is 18.8 Å². The maximum absolute atomic E-state index is 12.3. The van der Waals surface area contributed by atoms with Crippen LogP contribution in [0.25, 0.3) is 0 Å². The quantitative estimate of drug-likeness (QED) is 0.705. The lowest BCUT2D eigenvalue weighted by Crippen LogP contribution is -2.37. The van der Waals surface area contributed by atoms with E-state index in [-0.39, 0.29) is 18.0 Å². The first-order chi connectivity index (χ1) is 13.0. The molecule has 2 N–H and O–H groups in total. The van der Waals surface area contributed by atoms with Crippen LogP contribution in [-0.2, 0) is 14.3 Å². The third kappa shape index (κ3) is 5.87. The van der Waals surface area contributed by atoms with E-state index >= 15 is 0 Å². The number of hydrogen-bond acceptors (Lipinski definition) is 6. The van der Waals surface area contributed by atoms with Crippen LogP contribution < -0.4 is 10.6 Å². The molecule has 0 saturated heterocycles. The highest BCUT2D eigenvalue weighted by molar-refractivity contribution is 7.99. The average molecular weight is 383 g/mol. The zero-order valence-corrected chi connectivity index (χ0v) is 15.3. The van der Waals surface area contributed by atoms with E-state index in [1.807, 2.05) is 0 Å². The SMILES string of the molecule is CNC(=O)CNC(=O)COC(=O)c1ccccc1Sc1ccccc1C#N. The Kier molecular flexibility index (Phi) is 7.40. The normalized spacial score (nSPS) is 9.78. The molecule has 27 heavy (non-hydrogen) atoms. The van der Waals surface area contributed by atoms with Gasteiger partial charge in [0.2, 0.25) is 5.91 Å². The fourth-order valence-corrected chi connectivity index (χ4v) is 3.03. The van der Waals surface area contributed by atoms with Crippen molar-refractivity contribution in [1.82, 2.24) is 10.6 Å². The average Bonchev–Trinajstić information content (AvgIpc) is 2.70. The molecular formula is C19H17N3O4S. The van der Waals surface area contributed by atoms with Crippen molar-refractivity contribution >= 4 is 29.5 Å². The number of carbonyl (C=O) groups is 3. The summed E-state index contributed by atoms with van der Waals surface area (Å²) in [5.41, 5.74) is 0.786. The zero-order chi connectivity index (χ0) is 19.6.